The molecule has 3 aromatic rings. The first-order valence-corrected chi connectivity index (χ1v) is 7.74. The van der Waals surface area contributed by atoms with Crippen LogP contribution >= 0.6 is 11.6 Å². The highest BCUT2D eigenvalue weighted by atomic mass is 35.5. The Bertz CT molecular complexity index is 895. The van der Waals surface area contributed by atoms with Crippen molar-refractivity contribution in [3.05, 3.63) is 53.4 Å². The van der Waals surface area contributed by atoms with Gasteiger partial charge in [-0.3, -0.25) is 0 Å². The van der Waals surface area contributed by atoms with E-state index in [9.17, 15) is 4.79 Å². The molecule has 0 unspecified atom stereocenters. The molecule has 0 aliphatic heterocycles. The van der Waals surface area contributed by atoms with Gasteiger partial charge in [0, 0.05) is 6.07 Å². The standard InChI is InChI=1S/C18H16ClNO4/c1-18(2,3)24-17(21)12-8-7-11(9-13(12)19)23-15-6-4-5-14-16(15)22-10-20-14/h4-10H,1-3H3. The fourth-order valence-electron chi connectivity index (χ4n) is 2.13. The maximum atomic E-state index is 12.1. The molecule has 0 saturated heterocycles. The highest BCUT2D eigenvalue weighted by Crippen LogP contribution is 2.32. The summed E-state index contributed by atoms with van der Waals surface area (Å²) in [6.45, 7) is 5.40. The number of halogens is 1. The largest absolute Gasteiger partial charge is 0.456 e. The van der Waals surface area contributed by atoms with E-state index < -0.39 is 11.6 Å². The van der Waals surface area contributed by atoms with Crippen LogP contribution in [0.3, 0.4) is 0 Å². The minimum absolute atomic E-state index is 0.256. The quantitative estimate of drug-likeness (QED) is 0.608. The van der Waals surface area contributed by atoms with Gasteiger partial charge < -0.3 is 13.9 Å². The van der Waals surface area contributed by atoms with Crippen LogP contribution in [0.4, 0.5) is 0 Å². The second kappa shape index (κ2) is 6.17. The molecule has 0 atom stereocenters. The predicted molar refractivity (Wildman–Crippen MR) is 90.7 cm³/mol. The van der Waals surface area contributed by atoms with E-state index in [1.807, 2.05) is 12.1 Å². The van der Waals surface area contributed by atoms with Gasteiger partial charge in [-0.15, -0.1) is 0 Å². The van der Waals surface area contributed by atoms with Gasteiger partial charge in [-0.05, 0) is 45.0 Å². The van der Waals surface area contributed by atoms with Gasteiger partial charge in [0.2, 0.25) is 0 Å². The lowest BCUT2D eigenvalue weighted by Gasteiger charge is -2.20. The smallest absolute Gasteiger partial charge is 0.340 e. The lowest BCUT2D eigenvalue weighted by Crippen LogP contribution is -2.24. The Kier molecular flexibility index (Phi) is 4.20. The SMILES string of the molecule is CC(C)(C)OC(=O)c1ccc(Oc2cccc3ncoc23)cc1Cl. The molecule has 0 radical (unpaired) electrons. The van der Waals surface area contributed by atoms with Crippen LogP contribution in [0.25, 0.3) is 11.1 Å². The van der Waals surface area contributed by atoms with Gasteiger partial charge in [-0.1, -0.05) is 17.7 Å². The molecule has 124 valence electrons. The minimum atomic E-state index is -0.586. The van der Waals surface area contributed by atoms with Gasteiger partial charge in [0.05, 0.1) is 10.6 Å². The minimum Gasteiger partial charge on any atom is -0.456 e. The number of ether oxygens (including phenoxy) is 2. The summed E-state index contributed by atoms with van der Waals surface area (Å²) in [5.74, 6) is 0.527. The molecule has 5 nitrogen and oxygen atoms in total. The first-order chi connectivity index (χ1) is 11.3. The van der Waals surface area contributed by atoms with Gasteiger partial charge in [-0.2, -0.15) is 0 Å². The number of carbonyl (C=O) groups is 1. The van der Waals surface area contributed by atoms with E-state index in [4.69, 9.17) is 25.5 Å². The number of hydrogen-bond donors (Lipinski definition) is 0. The summed E-state index contributed by atoms with van der Waals surface area (Å²) in [4.78, 5) is 16.2. The van der Waals surface area contributed by atoms with E-state index in [2.05, 4.69) is 4.98 Å². The molecule has 0 saturated carbocycles. The Labute approximate surface area is 144 Å². The lowest BCUT2D eigenvalue weighted by molar-refractivity contribution is 0.00697. The molecule has 0 fully saturated rings. The van der Waals surface area contributed by atoms with Gasteiger partial charge in [0.15, 0.2) is 17.7 Å². The second-order valence-electron chi connectivity index (χ2n) is 6.20. The highest BCUT2D eigenvalue weighted by Gasteiger charge is 2.20. The fraction of sp³-hybridized carbons (Fsp3) is 0.222. The number of carbonyl (C=O) groups excluding carboxylic acids is 1. The first-order valence-electron chi connectivity index (χ1n) is 7.36. The van der Waals surface area contributed by atoms with Gasteiger partial charge in [-0.25, -0.2) is 9.78 Å². The summed E-state index contributed by atoms with van der Waals surface area (Å²) in [5.41, 5.74) is 0.947. The zero-order valence-corrected chi connectivity index (χ0v) is 14.3. The van der Waals surface area contributed by atoms with E-state index in [1.54, 1.807) is 45.0 Å². The molecule has 0 amide bonds. The summed E-state index contributed by atoms with van der Waals surface area (Å²) >= 11 is 6.20. The maximum absolute atomic E-state index is 12.1. The van der Waals surface area contributed by atoms with Crippen LogP contribution in [0.1, 0.15) is 31.1 Å². The van der Waals surface area contributed by atoms with Crippen molar-refractivity contribution >= 4 is 28.7 Å². The van der Waals surface area contributed by atoms with E-state index in [1.165, 1.54) is 6.39 Å². The van der Waals surface area contributed by atoms with Crippen molar-refractivity contribution in [1.29, 1.82) is 0 Å². The lowest BCUT2D eigenvalue weighted by atomic mass is 10.1. The van der Waals surface area contributed by atoms with Crippen molar-refractivity contribution in [2.24, 2.45) is 0 Å². The van der Waals surface area contributed by atoms with E-state index >= 15 is 0 Å². The number of fused-ring (bicyclic) bond motifs is 1. The average molecular weight is 346 g/mol. The Morgan fingerprint density at radius 3 is 2.71 bits per heavy atom. The van der Waals surface area contributed by atoms with Crippen LogP contribution in [0, 0.1) is 0 Å². The van der Waals surface area contributed by atoms with Crippen LogP contribution < -0.4 is 4.74 Å². The molecular weight excluding hydrogens is 330 g/mol. The van der Waals surface area contributed by atoms with Crippen LogP contribution in [0.5, 0.6) is 11.5 Å². The second-order valence-corrected chi connectivity index (χ2v) is 6.61. The normalized spacial score (nSPS) is 11.5. The third-order valence-electron chi connectivity index (χ3n) is 3.11. The molecule has 0 bridgehead atoms. The summed E-state index contributed by atoms with van der Waals surface area (Å²) in [6, 6.07) is 10.2. The Morgan fingerprint density at radius 1 is 1.21 bits per heavy atom. The Balaban J connectivity index is 1.85. The third-order valence-corrected chi connectivity index (χ3v) is 3.42. The van der Waals surface area contributed by atoms with Crippen molar-refractivity contribution in [3.63, 3.8) is 0 Å². The summed E-state index contributed by atoms with van der Waals surface area (Å²) < 4.78 is 16.4. The number of nitrogens with zero attached hydrogens (tertiary/aromatic N) is 1. The number of esters is 1. The number of aromatic nitrogens is 1. The summed E-state index contributed by atoms with van der Waals surface area (Å²) in [6.07, 6.45) is 1.36. The average Bonchev–Trinajstić information content (AvgIpc) is 2.95. The summed E-state index contributed by atoms with van der Waals surface area (Å²) in [7, 11) is 0. The predicted octanol–water partition coefficient (Wildman–Crippen LogP) is 5.23. The van der Waals surface area contributed by atoms with Gasteiger partial charge in [0.25, 0.3) is 0 Å². The van der Waals surface area contributed by atoms with Crippen molar-refractivity contribution in [2.45, 2.75) is 26.4 Å². The topological polar surface area (TPSA) is 61.6 Å². The highest BCUT2D eigenvalue weighted by molar-refractivity contribution is 6.33. The number of benzene rings is 2. The molecule has 0 aliphatic rings. The number of hydrogen-bond acceptors (Lipinski definition) is 5. The van der Waals surface area contributed by atoms with E-state index in [0.29, 0.717) is 22.6 Å². The van der Waals surface area contributed by atoms with Gasteiger partial charge in [0.1, 0.15) is 16.9 Å². The summed E-state index contributed by atoms with van der Waals surface area (Å²) in [5, 5.41) is 0.256. The number of oxazole rings is 1. The molecule has 0 aliphatic carbocycles. The van der Waals surface area contributed by atoms with Crippen LogP contribution in [0.2, 0.25) is 5.02 Å². The van der Waals surface area contributed by atoms with Crippen LogP contribution in [0.15, 0.2) is 47.2 Å². The van der Waals surface area contributed by atoms with Crippen molar-refractivity contribution in [3.8, 4) is 11.5 Å². The van der Waals surface area contributed by atoms with Crippen LogP contribution in [-0.2, 0) is 4.74 Å². The zero-order chi connectivity index (χ0) is 17.3. The molecule has 0 spiro atoms. The molecule has 2 aromatic carbocycles. The Morgan fingerprint density at radius 2 is 2.00 bits per heavy atom. The molecule has 1 aromatic heterocycles. The first kappa shape index (κ1) is 16.3. The molecule has 1 heterocycles. The monoisotopic (exact) mass is 345 g/mol. The van der Waals surface area contributed by atoms with Gasteiger partial charge >= 0.3 is 5.97 Å². The third kappa shape index (κ3) is 3.51. The molecule has 0 N–H and O–H groups in total. The van der Waals surface area contributed by atoms with Crippen molar-refractivity contribution < 1.29 is 18.7 Å². The molecule has 6 heteroatoms. The van der Waals surface area contributed by atoms with Crippen molar-refractivity contribution in [2.75, 3.05) is 0 Å². The number of rotatable bonds is 3. The molecule has 24 heavy (non-hydrogen) atoms. The maximum Gasteiger partial charge on any atom is 0.340 e. The molecular formula is C18H16ClNO4. The van der Waals surface area contributed by atoms with E-state index in [0.717, 1.165) is 0 Å². The zero-order valence-electron chi connectivity index (χ0n) is 13.5. The molecule has 3 rings (SSSR count). The number of para-hydroxylation sites is 1. The van der Waals surface area contributed by atoms with E-state index in [-0.39, 0.29) is 10.6 Å². The van der Waals surface area contributed by atoms with Crippen LogP contribution in [-0.4, -0.2) is 16.6 Å². The Hall–Kier alpha value is -2.53. The fourth-order valence-corrected chi connectivity index (χ4v) is 2.37. The van der Waals surface area contributed by atoms with Crippen molar-refractivity contribution in [1.82, 2.24) is 4.98 Å².